The molecule has 1 aromatic heterocycles. The van der Waals surface area contributed by atoms with Crippen molar-refractivity contribution in [3.05, 3.63) is 81.8 Å². The normalized spacial score (nSPS) is 16.1. The Kier molecular flexibility index (Phi) is 3.45. The number of rotatable bonds is 2. The van der Waals surface area contributed by atoms with Gasteiger partial charge in [0, 0.05) is 24.0 Å². The second-order valence-corrected chi connectivity index (χ2v) is 6.25. The maximum absolute atomic E-state index is 13.1. The average molecular weight is 318 g/mol. The molecule has 0 bridgehead atoms. The summed E-state index contributed by atoms with van der Waals surface area (Å²) in [6, 6.07) is 15.6. The van der Waals surface area contributed by atoms with Crippen molar-refractivity contribution >= 4 is 16.7 Å². The van der Waals surface area contributed by atoms with Crippen molar-refractivity contribution in [1.82, 2.24) is 9.88 Å². The highest BCUT2D eigenvalue weighted by molar-refractivity contribution is 6.06. The Morgan fingerprint density at radius 1 is 1.08 bits per heavy atom. The minimum absolute atomic E-state index is 0.0656. The SMILES string of the molecule is CN(C(=O)c1c[nH]c(=O)c2ccccc12)C1CCc2ccccc21. The number of hydrogen-bond donors (Lipinski definition) is 1. The molecule has 4 nitrogen and oxygen atoms in total. The highest BCUT2D eigenvalue weighted by Gasteiger charge is 2.29. The van der Waals surface area contributed by atoms with Crippen LogP contribution in [0.2, 0.25) is 0 Å². The number of benzene rings is 2. The second-order valence-electron chi connectivity index (χ2n) is 6.25. The Hall–Kier alpha value is -2.88. The third kappa shape index (κ3) is 2.22. The van der Waals surface area contributed by atoms with Gasteiger partial charge in [-0.3, -0.25) is 9.59 Å². The molecule has 0 saturated carbocycles. The monoisotopic (exact) mass is 318 g/mol. The first-order chi connectivity index (χ1) is 11.7. The zero-order valence-corrected chi connectivity index (χ0v) is 13.5. The molecular weight excluding hydrogens is 300 g/mol. The zero-order valence-electron chi connectivity index (χ0n) is 13.5. The van der Waals surface area contributed by atoms with E-state index in [4.69, 9.17) is 0 Å². The van der Waals surface area contributed by atoms with Gasteiger partial charge in [-0.1, -0.05) is 42.5 Å². The van der Waals surface area contributed by atoms with E-state index in [1.54, 1.807) is 11.0 Å². The summed E-state index contributed by atoms with van der Waals surface area (Å²) >= 11 is 0. The Bertz CT molecular complexity index is 990. The molecule has 3 aromatic rings. The van der Waals surface area contributed by atoms with Crippen molar-refractivity contribution < 1.29 is 4.79 Å². The first-order valence-corrected chi connectivity index (χ1v) is 8.12. The van der Waals surface area contributed by atoms with Crippen LogP contribution in [-0.4, -0.2) is 22.8 Å². The molecule has 1 amide bonds. The molecule has 4 heteroatoms. The van der Waals surface area contributed by atoms with Crippen molar-refractivity contribution in [2.75, 3.05) is 7.05 Å². The fraction of sp³-hybridized carbons (Fsp3) is 0.200. The lowest BCUT2D eigenvalue weighted by Gasteiger charge is -2.26. The van der Waals surface area contributed by atoms with Crippen molar-refractivity contribution in [2.45, 2.75) is 18.9 Å². The Labute approximate surface area is 139 Å². The lowest BCUT2D eigenvalue weighted by atomic mass is 10.0. The summed E-state index contributed by atoms with van der Waals surface area (Å²) in [5.74, 6) is -0.0656. The van der Waals surface area contributed by atoms with Gasteiger partial charge in [0.15, 0.2) is 0 Å². The van der Waals surface area contributed by atoms with Crippen molar-refractivity contribution in [3.63, 3.8) is 0 Å². The van der Waals surface area contributed by atoms with E-state index >= 15 is 0 Å². The van der Waals surface area contributed by atoms with Gasteiger partial charge in [-0.15, -0.1) is 0 Å². The molecule has 120 valence electrons. The van der Waals surface area contributed by atoms with Crippen LogP contribution in [0.25, 0.3) is 10.8 Å². The highest BCUT2D eigenvalue weighted by Crippen LogP contribution is 2.35. The van der Waals surface area contributed by atoms with Crippen LogP contribution in [0, 0.1) is 0 Å². The molecule has 0 aliphatic heterocycles. The molecule has 2 aromatic carbocycles. The fourth-order valence-electron chi connectivity index (χ4n) is 3.65. The van der Waals surface area contributed by atoms with Crippen LogP contribution in [0.3, 0.4) is 0 Å². The van der Waals surface area contributed by atoms with Crippen LogP contribution >= 0.6 is 0 Å². The Morgan fingerprint density at radius 3 is 2.62 bits per heavy atom. The van der Waals surface area contributed by atoms with E-state index in [1.807, 2.05) is 37.4 Å². The molecule has 0 fully saturated rings. The molecule has 1 atom stereocenters. The van der Waals surface area contributed by atoms with Crippen LogP contribution in [0.5, 0.6) is 0 Å². The molecule has 0 radical (unpaired) electrons. The topological polar surface area (TPSA) is 53.2 Å². The molecule has 4 rings (SSSR count). The van der Waals surface area contributed by atoms with Gasteiger partial charge in [0.1, 0.15) is 0 Å². The van der Waals surface area contributed by atoms with Gasteiger partial charge < -0.3 is 9.88 Å². The van der Waals surface area contributed by atoms with E-state index < -0.39 is 0 Å². The number of nitrogens with zero attached hydrogens (tertiary/aromatic N) is 1. The van der Waals surface area contributed by atoms with Crippen molar-refractivity contribution in [1.29, 1.82) is 0 Å². The van der Waals surface area contributed by atoms with Gasteiger partial charge in [-0.2, -0.15) is 0 Å². The molecule has 1 aliphatic carbocycles. The second kappa shape index (κ2) is 5.64. The molecule has 1 heterocycles. The summed E-state index contributed by atoms with van der Waals surface area (Å²) in [5.41, 5.74) is 2.91. The van der Waals surface area contributed by atoms with E-state index in [-0.39, 0.29) is 17.5 Å². The standard InChI is InChI=1S/C20H18N2O2/c1-22(18-11-10-13-6-2-3-7-14(13)18)20(24)17-12-21-19(23)16-9-5-4-8-15(16)17/h2-9,12,18H,10-11H2,1H3,(H,21,23). The van der Waals surface area contributed by atoms with Gasteiger partial charge in [-0.25, -0.2) is 0 Å². The zero-order chi connectivity index (χ0) is 16.7. The van der Waals surface area contributed by atoms with E-state index in [0.717, 1.165) is 12.8 Å². The number of amides is 1. The number of carbonyl (C=O) groups excluding carboxylic acids is 1. The molecule has 1 unspecified atom stereocenters. The maximum atomic E-state index is 13.1. The number of pyridine rings is 1. The first-order valence-electron chi connectivity index (χ1n) is 8.12. The number of hydrogen-bond acceptors (Lipinski definition) is 2. The summed E-state index contributed by atoms with van der Waals surface area (Å²) in [5, 5.41) is 1.24. The number of nitrogens with one attached hydrogen (secondary N) is 1. The van der Waals surface area contributed by atoms with Crippen LogP contribution in [0.1, 0.15) is 33.9 Å². The first kappa shape index (κ1) is 14.7. The van der Waals surface area contributed by atoms with Gasteiger partial charge >= 0.3 is 0 Å². The van der Waals surface area contributed by atoms with Crippen LogP contribution in [0.15, 0.2) is 59.5 Å². The van der Waals surface area contributed by atoms with Crippen LogP contribution in [0.4, 0.5) is 0 Å². The molecule has 24 heavy (non-hydrogen) atoms. The minimum Gasteiger partial charge on any atom is -0.335 e. The summed E-state index contributed by atoms with van der Waals surface area (Å²) in [6.45, 7) is 0. The average Bonchev–Trinajstić information content (AvgIpc) is 3.05. The van der Waals surface area contributed by atoms with Gasteiger partial charge in [0.25, 0.3) is 11.5 Å². The smallest absolute Gasteiger partial charge is 0.256 e. The maximum Gasteiger partial charge on any atom is 0.256 e. The van der Waals surface area contributed by atoms with Gasteiger partial charge in [0.2, 0.25) is 0 Å². The molecular formula is C20H18N2O2. The van der Waals surface area contributed by atoms with Gasteiger partial charge in [0.05, 0.1) is 11.6 Å². The lowest BCUT2D eigenvalue weighted by molar-refractivity contribution is 0.0732. The number of carbonyl (C=O) groups is 1. The third-order valence-corrected chi connectivity index (χ3v) is 4.93. The summed E-state index contributed by atoms with van der Waals surface area (Å²) < 4.78 is 0. The fourth-order valence-corrected chi connectivity index (χ4v) is 3.65. The predicted octanol–water partition coefficient (Wildman–Crippen LogP) is 3.29. The molecule has 1 aliphatic rings. The number of H-pyrrole nitrogens is 1. The van der Waals surface area contributed by atoms with Gasteiger partial charge in [-0.05, 0) is 30.0 Å². The molecule has 1 N–H and O–H groups in total. The highest BCUT2D eigenvalue weighted by atomic mass is 16.2. The van der Waals surface area contributed by atoms with Crippen LogP contribution in [-0.2, 0) is 6.42 Å². The van der Waals surface area contributed by atoms with E-state index in [0.29, 0.717) is 16.3 Å². The van der Waals surface area contributed by atoms with E-state index in [9.17, 15) is 9.59 Å². The van der Waals surface area contributed by atoms with E-state index in [1.165, 1.54) is 17.3 Å². The number of fused-ring (bicyclic) bond motifs is 2. The summed E-state index contributed by atoms with van der Waals surface area (Å²) in [6.07, 6.45) is 3.46. The van der Waals surface area contributed by atoms with E-state index in [2.05, 4.69) is 17.1 Å². The predicted molar refractivity (Wildman–Crippen MR) is 94.2 cm³/mol. The van der Waals surface area contributed by atoms with Crippen LogP contribution < -0.4 is 5.56 Å². The number of aromatic nitrogens is 1. The molecule has 0 saturated heterocycles. The molecule has 0 spiro atoms. The number of aryl methyl sites for hydroxylation is 1. The minimum atomic E-state index is -0.170. The Balaban J connectivity index is 1.75. The third-order valence-electron chi connectivity index (χ3n) is 4.93. The largest absolute Gasteiger partial charge is 0.335 e. The summed E-state index contributed by atoms with van der Waals surface area (Å²) in [7, 11) is 1.84. The van der Waals surface area contributed by atoms with Crippen molar-refractivity contribution in [3.8, 4) is 0 Å². The quantitative estimate of drug-likeness (QED) is 0.788. The van der Waals surface area contributed by atoms with Crippen molar-refractivity contribution in [2.24, 2.45) is 0 Å². The Morgan fingerprint density at radius 2 is 1.79 bits per heavy atom. The lowest BCUT2D eigenvalue weighted by Crippen LogP contribution is -2.30. The number of aromatic amines is 1. The summed E-state index contributed by atoms with van der Waals surface area (Å²) in [4.78, 5) is 29.5.